The molecule has 0 saturated carbocycles. The van der Waals surface area contributed by atoms with E-state index in [0.717, 1.165) is 5.56 Å². The zero-order chi connectivity index (χ0) is 10.8. The van der Waals surface area contributed by atoms with Crippen molar-refractivity contribution in [2.75, 3.05) is 0 Å². The van der Waals surface area contributed by atoms with Crippen LogP contribution in [0, 0.1) is 0 Å². The number of aliphatic hydroxyl groups is 2. The Bertz CT molecular complexity index is 294. The van der Waals surface area contributed by atoms with Crippen LogP contribution in [-0.4, -0.2) is 31.7 Å². The number of hydrogen-bond acceptors (Lipinski definition) is 3. The average Bonchev–Trinajstić information content (AvgIpc) is 2.51. The zero-order valence-electron chi connectivity index (χ0n) is 8.94. The highest BCUT2D eigenvalue weighted by atomic mass is 16.3. The third-order valence-electron chi connectivity index (χ3n) is 2.62. The molecule has 0 aromatic carbocycles. The first-order chi connectivity index (χ1) is 6.45. The molecule has 0 saturated heterocycles. The van der Waals surface area contributed by atoms with Crippen molar-refractivity contribution in [1.82, 2.24) is 9.78 Å². The third-order valence-corrected chi connectivity index (χ3v) is 2.62. The minimum atomic E-state index is -1.02. The number of aliphatic hydroxyl groups excluding tert-OH is 1. The maximum Gasteiger partial charge on any atom is 0.0878 e. The monoisotopic (exact) mass is 198 g/mol. The van der Waals surface area contributed by atoms with E-state index < -0.39 is 11.7 Å². The van der Waals surface area contributed by atoms with Crippen LogP contribution < -0.4 is 0 Å². The summed E-state index contributed by atoms with van der Waals surface area (Å²) in [4.78, 5) is 0. The summed E-state index contributed by atoms with van der Waals surface area (Å²) in [5.74, 6) is 0. The summed E-state index contributed by atoms with van der Waals surface area (Å²) in [5, 5.41) is 23.5. The molecular weight excluding hydrogens is 180 g/mol. The van der Waals surface area contributed by atoms with Gasteiger partial charge in [0.1, 0.15) is 0 Å². The standard InChI is InChI=1S/C10H18N2O2/c1-4-10(2,14)9(13)5-8-6-11-12(3)7-8/h6-7,9,13-14H,4-5H2,1-3H3. The molecule has 1 aromatic heterocycles. The quantitative estimate of drug-likeness (QED) is 0.740. The van der Waals surface area contributed by atoms with Crippen LogP contribution in [0.5, 0.6) is 0 Å². The Morgan fingerprint density at radius 3 is 2.71 bits per heavy atom. The van der Waals surface area contributed by atoms with Crippen molar-refractivity contribution in [2.45, 2.75) is 38.4 Å². The highest BCUT2D eigenvalue weighted by molar-refractivity contribution is 5.06. The second-order valence-corrected chi connectivity index (χ2v) is 3.95. The van der Waals surface area contributed by atoms with E-state index in [-0.39, 0.29) is 0 Å². The van der Waals surface area contributed by atoms with E-state index >= 15 is 0 Å². The zero-order valence-corrected chi connectivity index (χ0v) is 8.94. The van der Waals surface area contributed by atoms with Crippen LogP contribution in [-0.2, 0) is 13.5 Å². The lowest BCUT2D eigenvalue weighted by atomic mass is 9.92. The molecule has 0 amide bonds. The van der Waals surface area contributed by atoms with E-state index in [2.05, 4.69) is 5.10 Å². The normalized spacial score (nSPS) is 17.8. The fourth-order valence-electron chi connectivity index (χ4n) is 1.26. The first-order valence-corrected chi connectivity index (χ1v) is 4.83. The van der Waals surface area contributed by atoms with Crippen molar-refractivity contribution in [3.8, 4) is 0 Å². The van der Waals surface area contributed by atoms with Crippen molar-refractivity contribution in [1.29, 1.82) is 0 Å². The molecule has 0 spiro atoms. The van der Waals surface area contributed by atoms with Gasteiger partial charge in [-0.1, -0.05) is 6.92 Å². The van der Waals surface area contributed by atoms with Crippen molar-refractivity contribution in [2.24, 2.45) is 7.05 Å². The summed E-state index contributed by atoms with van der Waals surface area (Å²) < 4.78 is 1.68. The molecule has 2 N–H and O–H groups in total. The number of rotatable bonds is 4. The van der Waals surface area contributed by atoms with Crippen LogP contribution in [0.2, 0.25) is 0 Å². The number of aryl methyl sites for hydroxylation is 1. The van der Waals surface area contributed by atoms with Gasteiger partial charge in [0.25, 0.3) is 0 Å². The van der Waals surface area contributed by atoms with Gasteiger partial charge in [-0.2, -0.15) is 5.10 Å². The summed E-state index contributed by atoms with van der Waals surface area (Å²) in [6, 6.07) is 0. The maximum atomic E-state index is 9.78. The SMILES string of the molecule is CCC(C)(O)C(O)Cc1cnn(C)c1. The average molecular weight is 198 g/mol. The van der Waals surface area contributed by atoms with E-state index in [1.54, 1.807) is 17.8 Å². The Morgan fingerprint density at radius 1 is 1.64 bits per heavy atom. The smallest absolute Gasteiger partial charge is 0.0878 e. The molecule has 0 radical (unpaired) electrons. The minimum absolute atomic E-state index is 0.439. The highest BCUT2D eigenvalue weighted by Crippen LogP contribution is 2.17. The van der Waals surface area contributed by atoms with E-state index in [4.69, 9.17) is 0 Å². The van der Waals surface area contributed by atoms with Crippen LogP contribution in [0.25, 0.3) is 0 Å². The summed E-state index contributed by atoms with van der Waals surface area (Å²) in [6.45, 7) is 3.50. The van der Waals surface area contributed by atoms with Crippen LogP contribution in [0.3, 0.4) is 0 Å². The lowest BCUT2D eigenvalue weighted by molar-refractivity contribution is -0.0629. The topological polar surface area (TPSA) is 58.3 Å². The van der Waals surface area contributed by atoms with Gasteiger partial charge in [0.2, 0.25) is 0 Å². The van der Waals surface area contributed by atoms with Gasteiger partial charge in [-0.05, 0) is 18.9 Å². The fraction of sp³-hybridized carbons (Fsp3) is 0.700. The molecule has 1 heterocycles. The lowest BCUT2D eigenvalue weighted by Gasteiger charge is -2.27. The van der Waals surface area contributed by atoms with Gasteiger partial charge >= 0.3 is 0 Å². The predicted octanol–water partition coefficient (Wildman–Crippen LogP) is 0.484. The minimum Gasteiger partial charge on any atom is -0.390 e. The maximum absolute atomic E-state index is 9.78. The molecule has 0 bridgehead atoms. The molecule has 1 aromatic rings. The first kappa shape index (κ1) is 11.2. The highest BCUT2D eigenvalue weighted by Gasteiger charge is 2.28. The Balaban J connectivity index is 2.61. The first-order valence-electron chi connectivity index (χ1n) is 4.83. The van der Waals surface area contributed by atoms with Gasteiger partial charge in [0.05, 0.1) is 17.9 Å². The Morgan fingerprint density at radius 2 is 2.29 bits per heavy atom. The van der Waals surface area contributed by atoms with Gasteiger partial charge in [0.15, 0.2) is 0 Å². The van der Waals surface area contributed by atoms with Crippen molar-refractivity contribution < 1.29 is 10.2 Å². The molecule has 0 aliphatic rings. The molecule has 0 fully saturated rings. The third kappa shape index (κ3) is 2.56. The van der Waals surface area contributed by atoms with Crippen LogP contribution in [0.1, 0.15) is 25.8 Å². The number of hydrogen-bond donors (Lipinski definition) is 2. The summed E-state index contributed by atoms with van der Waals surface area (Å²) in [7, 11) is 1.83. The summed E-state index contributed by atoms with van der Waals surface area (Å²) in [5.41, 5.74) is -0.0794. The molecule has 0 aliphatic carbocycles. The molecule has 0 aliphatic heterocycles. The van der Waals surface area contributed by atoms with Gasteiger partial charge in [-0.3, -0.25) is 4.68 Å². The van der Waals surface area contributed by atoms with E-state index in [9.17, 15) is 10.2 Å². The van der Waals surface area contributed by atoms with Gasteiger partial charge in [0, 0.05) is 19.7 Å². The molecule has 2 atom stereocenters. The van der Waals surface area contributed by atoms with Crippen molar-refractivity contribution in [3.05, 3.63) is 18.0 Å². The fourth-order valence-corrected chi connectivity index (χ4v) is 1.26. The Hall–Kier alpha value is -0.870. The molecule has 2 unspecified atom stereocenters. The number of aromatic nitrogens is 2. The van der Waals surface area contributed by atoms with Gasteiger partial charge in [-0.15, -0.1) is 0 Å². The summed E-state index contributed by atoms with van der Waals surface area (Å²) in [6.07, 6.45) is 3.78. The Labute approximate surface area is 84.2 Å². The van der Waals surface area contributed by atoms with E-state index in [1.807, 2.05) is 20.2 Å². The second-order valence-electron chi connectivity index (χ2n) is 3.95. The second kappa shape index (κ2) is 4.11. The summed E-state index contributed by atoms with van der Waals surface area (Å²) >= 11 is 0. The molecule has 1 rings (SSSR count). The molecule has 4 nitrogen and oxygen atoms in total. The lowest BCUT2D eigenvalue weighted by Crippen LogP contribution is -2.39. The van der Waals surface area contributed by atoms with Crippen LogP contribution in [0.15, 0.2) is 12.4 Å². The van der Waals surface area contributed by atoms with Crippen molar-refractivity contribution >= 4 is 0 Å². The number of nitrogens with zero attached hydrogens (tertiary/aromatic N) is 2. The predicted molar refractivity (Wildman–Crippen MR) is 53.8 cm³/mol. The molecular formula is C10H18N2O2. The van der Waals surface area contributed by atoms with Gasteiger partial charge in [-0.25, -0.2) is 0 Å². The molecule has 80 valence electrons. The van der Waals surface area contributed by atoms with Gasteiger partial charge < -0.3 is 10.2 Å². The molecule has 14 heavy (non-hydrogen) atoms. The molecule has 4 heteroatoms. The van der Waals surface area contributed by atoms with Crippen molar-refractivity contribution in [3.63, 3.8) is 0 Å². The largest absolute Gasteiger partial charge is 0.390 e. The van der Waals surface area contributed by atoms with E-state index in [1.165, 1.54) is 0 Å². The van der Waals surface area contributed by atoms with Crippen LogP contribution >= 0.6 is 0 Å². The Kier molecular flexibility index (Phi) is 3.29. The van der Waals surface area contributed by atoms with Crippen LogP contribution in [0.4, 0.5) is 0 Å². The van der Waals surface area contributed by atoms with E-state index in [0.29, 0.717) is 12.8 Å².